The quantitative estimate of drug-likeness (QED) is 0.726. The maximum absolute atomic E-state index is 12.2. The van der Waals surface area contributed by atoms with Crippen molar-refractivity contribution in [1.29, 1.82) is 0 Å². The second-order valence-electron chi connectivity index (χ2n) is 7.69. The van der Waals surface area contributed by atoms with Gasteiger partial charge in [-0.3, -0.25) is 9.69 Å². The normalized spacial score (nSPS) is 11.9. The van der Waals surface area contributed by atoms with Crippen LogP contribution in [-0.4, -0.2) is 21.9 Å². The lowest BCUT2D eigenvalue weighted by atomic mass is 9.92. The molecule has 0 aliphatic rings. The van der Waals surface area contributed by atoms with Crippen LogP contribution in [0.1, 0.15) is 37.6 Å². The zero-order valence-corrected chi connectivity index (χ0v) is 16.6. The monoisotopic (exact) mass is 367 g/mol. The van der Waals surface area contributed by atoms with E-state index in [9.17, 15) is 4.79 Å². The molecule has 0 fully saturated rings. The molecule has 2 aromatic heterocycles. The average molecular weight is 368 g/mol. The number of rotatable bonds is 5. The molecule has 0 aliphatic heterocycles. The van der Waals surface area contributed by atoms with Crippen molar-refractivity contribution in [1.82, 2.24) is 14.9 Å². The van der Waals surface area contributed by atoms with Gasteiger partial charge in [-0.05, 0) is 35.0 Å². The van der Waals surface area contributed by atoms with Gasteiger partial charge in [-0.15, -0.1) is 0 Å². The zero-order valence-electron chi connectivity index (χ0n) is 15.7. The number of thiophene rings is 1. The van der Waals surface area contributed by atoms with E-state index in [0.717, 1.165) is 29.9 Å². The lowest BCUT2D eigenvalue weighted by Crippen LogP contribution is -2.21. The van der Waals surface area contributed by atoms with Crippen LogP contribution in [-0.2, 0) is 18.5 Å². The molecule has 0 amide bonds. The summed E-state index contributed by atoms with van der Waals surface area (Å²) in [4.78, 5) is 22.1. The molecule has 0 unspecified atom stereocenters. The van der Waals surface area contributed by atoms with Gasteiger partial charge in [0, 0.05) is 30.1 Å². The van der Waals surface area contributed by atoms with Crippen LogP contribution in [0.5, 0.6) is 0 Å². The Labute approximate surface area is 158 Å². The minimum absolute atomic E-state index is 0.110. The number of H-pyrrole nitrogens is 1. The van der Waals surface area contributed by atoms with Gasteiger partial charge in [-0.25, -0.2) is 4.98 Å². The van der Waals surface area contributed by atoms with Gasteiger partial charge in [0.25, 0.3) is 5.56 Å². The van der Waals surface area contributed by atoms with Gasteiger partial charge in [-0.1, -0.05) is 45.0 Å². The van der Waals surface area contributed by atoms with Gasteiger partial charge in [0.05, 0.1) is 5.69 Å². The molecule has 0 radical (unpaired) electrons. The van der Waals surface area contributed by atoms with E-state index in [-0.39, 0.29) is 11.0 Å². The first-order valence-corrected chi connectivity index (χ1v) is 9.67. The first kappa shape index (κ1) is 18.5. The third-order valence-corrected chi connectivity index (χ3v) is 4.99. The molecule has 1 aromatic carbocycles. The maximum Gasteiger partial charge on any atom is 0.251 e. The summed E-state index contributed by atoms with van der Waals surface area (Å²) in [5, 5.41) is 4.28. The van der Waals surface area contributed by atoms with E-state index >= 15 is 0 Å². The van der Waals surface area contributed by atoms with Crippen LogP contribution in [0.25, 0.3) is 11.4 Å². The summed E-state index contributed by atoms with van der Waals surface area (Å²) in [6.07, 6.45) is 0. The van der Waals surface area contributed by atoms with Gasteiger partial charge in [-0.2, -0.15) is 11.3 Å². The summed E-state index contributed by atoms with van der Waals surface area (Å²) in [5.74, 6) is 0.641. The molecule has 5 heteroatoms. The molecule has 2 heterocycles. The molecule has 0 saturated carbocycles. The first-order chi connectivity index (χ1) is 12.3. The lowest BCUT2D eigenvalue weighted by molar-refractivity contribution is 0.320. The minimum Gasteiger partial charge on any atom is -0.307 e. The number of benzene rings is 1. The van der Waals surface area contributed by atoms with E-state index < -0.39 is 0 Å². The molecule has 3 aromatic rings. The Morgan fingerprint density at radius 1 is 1.15 bits per heavy atom. The molecule has 0 saturated heterocycles. The van der Waals surface area contributed by atoms with Gasteiger partial charge >= 0.3 is 0 Å². The van der Waals surface area contributed by atoms with E-state index in [1.54, 1.807) is 17.4 Å². The Balaban J connectivity index is 1.92. The third-order valence-electron chi connectivity index (χ3n) is 4.26. The fraction of sp³-hybridized carbons (Fsp3) is 0.333. The van der Waals surface area contributed by atoms with Crippen LogP contribution in [0.3, 0.4) is 0 Å². The number of hydrogen-bond acceptors (Lipinski definition) is 4. The maximum atomic E-state index is 12.2. The van der Waals surface area contributed by atoms with E-state index in [0.29, 0.717) is 5.82 Å². The van der Waals surface area contributed by atoms with Crippen LogP contribution >= 0.6 is 11.3 Å². The number of nitrogens with one attached hydrogen (secondary N) is 1. The first-order valence-electron chi connectivity index (χ1n) is 8.72. The highest BCUT2D eigenvalue weighted by atomic mass is 32.1. The van der Waals surface area contributed by atoms with Crippen LogP contribution in [0.4, 0.5) is 0 Å². The Bertz CT molecular complexity index is 923. The molecule has 3 rings (SSSR count). The Morgan fingerprint density at radius 2 is 1.92 bits per heavy atom. The summed E-state index contributed by atoms with van der Waals surface area (Å²) in [5.41, 5.74) is 3.97. The summed E-state index contributed by atoms with van der Waals surface area (Å²) in [6, 6.07) is 11.9. The molecule has 0 bridgehead atoms. The van der Waals surface area contributed by atoms with Crippen molar-refractivity contribution in [3.05, 3.63) is 74.3 Å². The van der Waals surface area contributed by atoms with Gasteiger partial charge in [0.15, 0.2) is 0 Å². The number of aromatic nitrogens is 2. The van der Waals surface area contributed by atoms with E-state index in [1.165, 1.54) is 5.56 Å². The molecule has 0 aliphatic carbocycles. The van der Waals surface area contributed by atoms with Crippen molar-refractivity contribution in [3.8, 4) is 11.4 Å². The standard InChI is InChI=1S/C21H25N3OS/c1-21(2,3)18-11-19(25)23-20(22-18)17-8-6-5-7-16(17)13-24(4)12-15-9-10-26-14-15/h5-11,14H,12-13H2,1-4H3,(H,22,23,25). The van der Waals surface area contributed by atoms with Crippen LogP contribution in [0, 0.1) is 0 Å². The van der Waals surface area contributed by atoms with Crippen molar-refractivity contribution in [2.45, 2.75) is 39.3 Å². The van der Waals surface area contributed by atoms with Crippen LogP contribution in [0.2, 0.25) is 0 Å². The van der Waals surface area contributed by atoms with Crippen molar-refractivity contribution < 1.29 is 0 Å². The molecule has 136 valence electrons. The number of nitrogens with zero attached hydrogens (tertiary/aromatic N) is 2. The van der Waals surface area contributed by atoms with Crippen molar-refractivity contribution >= 4 is 11.3 Å². The largest absolute Gasteiger partial charge is 0.307 e. The fourth-order valence-electron chi connectivity index (χ4n) is 2.90. The summed E-state index contributed by atoms with van der Waals surface area (Å²) < 4.78 is 0. The Hall–Kier alpha value is -2.24. The fourth-order valence-corrected chi connectivity index (χ4v) is 3.56. The Morgan fingerprint density at radius 3 is 2.62 bits per heavy atom. The number of aromatic amines is 1. The third kappa shape index (κ3) is 4.48. The minimum atomic E-state index is -0.173. The predicted molar refractivity (Wildman–Crippen MR) is 108 cm³/mol. The topological polar surface area (TPSA) is 49.0 Å². The van der Waals surface area contributed by atoms with E-state index in [4.69, 9.17) is 4.98 Å². The summed E-state index contributed by atoms with van der Waals surface area (Å²) >= 11 is 1.72. The van der Waals surface area contributed by atoms with Gasteiger partial charge < -0.3 is 4.98 Å². The molecule has 1 N–H and O–H groups in total. The Kier molecular flexibility index (Phi) is 5.39. The highest BCUT2D eigenvalue weighted by Crippen LogP contribution is 2.24. The summed E-state index contributed by atoms with van der Waals surface area (Å²) in [7, 11) is 2.11. The number of hydrogen-bond donors (Lipinski definition) is 1. The van der Waals surface area contributed by atoms with Gasteiger partial charge in [0.1, 0.15) is 5.82 Å². The second kappa shape index (κ2) is 7.56. The second-order valence-corrected chi connectivity index (χ2v) is 8.47. The molecular weight excluding hydrogens is 342 g/mol. The van der Waals surface area contributed by atoms with E-state index in [2.05, 4.69) is 60.6 Å². The smallest absolute Gasteiger partial charge is 0.251 e. The van der Waals surface area contributed by atoms with Crippen molar-refractivity contribution in [2.24, 2.45) is 0 Å². The highest BCUT2D eigenvalue weighted by Gasteiger charge is 2.18. The van der Waals surface area contributed by atoms with Crippen molar-refractivity contribution in [2.75, 3.05) is 7.05 Å². The zero-order chi connectivity index (χ0) is 18.7. The summed E-state index contributed by atoms with van der Waals surface area (Å²) in [6.45, 7) is 7.89. The molecule has 0 atom stereocenters. The predicted octanol–water partition coefficient (Wildman–Crippen LogP) is 4.43. The van der Waals surface area contributed by atoms with E-state index in [1.807, 2.05) is 18.2 Å². The molecular formula is C21H25N3OS. The molecule has 0 spiro atoms. The average Bonchev–Trinajstić information content (AvgIpc) is 3.06. The van der Waals surface area contributed by atoms with Gasteiger partial charge in [0.2, 0.25) is 0 Å². The lowest BCUT2D eigenvalue weighted by Gasteiger charge is -2.20. The van der Waals surface area contributed by atoms with Crippen molar-refractivity contribution in [3.63, 3.8) is 0 Å². The van der Waals surface area contributed by atoms with Crippen LogP contribution < -0.4 is 5.56 Å². The van der Waals surface area contributed by atoms with Crippen LogP contribution in [0.15, 0.2) is 52.0 Å². The highest BCUT2D eigenvalue weighted by molar-refractivity contribution is 7.07. The molecule has 4 nitrogen and oxygen atoms in total. The SMILES string of the molecule is CN(Cc1ccsc1)Cc1ccccc1-c1nc(C(C)(C)C)cc(=O)[nH]1. The molecule has 26 heavy (non-hydrogen) atoms.